The lowest BCUT2D eigenvalue weighted by atomic mass is 10.2. The van der Waals surface area contributed by atoms with E-state index < -0.39 is 27.2 Å². The van der Waals surface area contributed by atoms with Crippen molar-refractivity contribution in [2.24, 2.45) is 0 Å². The predicted octanol–water partition coefficient (Wildman–Crippen LogP) is 3.15. The van der Waals surface area contributed by atoms with Crippen molar-refractivity contribution in [3.8, 4) is 28.8 Å². The van der Waals surface area contributed by atoms with Crippen molar-refractivity contribution in [2.45, 2.75) is 0 Å². The third-order valence-electron chi connectivity index (χ3n) is 4.71. The molecular weight excluding hydrogens is 416 g/mol. The van der Waals surface area contributed by atoms with Crippen molar-refractivity contribution in [3.63, 3.8) is 0 Å². The standard InChI is InChI=1S/C20H17F2N3O4S/c21-15-5-6-16(18(22)19(15)26)29-17-7-8-23-20(24-17)13-1-3-14(4-2-13)25-9-11-30(27,28)12-10-25/h1-8,26H,9-12H2. The second kappa shape index (κ2) is 7.86. The molecule has 3 aromatic rings. The van der Waals surface area contributed by atoms with Gasteiger partial charge in [0.05, 0.1) is 11.5 Å². The molecular formula is C20H17F2N3O4S. The Balaban J connectivity index is 1.52. The van der Waals surface area contributed by atoms with Gasteiger partial charge in [-0.2, -0.15) is 9.37 Å². The number of anilines is 1. The molecule has 4 rings (SSSR count). The Hall–Kier alpha value is -3.27. The number of phenolic OH excluding ortho intramolecular Hbond substituents is 1. The molecule has 0 radical (unpaired) electrons. The Bertz CT molecular complexity index is 1170. The number of ether oxygens (including phenoxy) is 1. The normalized spacial score (nSPS) is 15.7. The molecule has 7 nitrogen and oxygen atoms in total. The molecule has 1 aromatic heterocycles. The Morgan fingerprint density at radius 2 is 1.70 bits per heavy atom. The molecule has 0 bridgehead atoms. The number of benzene rings is 2. The summed E-state index contributed by atoms with van der Waals surface area (Å²) in [5.74, 6) is -3.18. The van der Waals surface area contributed by atoms with E-state index in [0.29, 0.717) is 24.5 Å². The number of phenols is 1. The highest BCUT2D eigenvalue weighted by Crippen LogP contribution is 2.31. The molecule has 1 aliphatic rings. The van der Waals surface area contributed by atoms with Gasteiger partial charge in [-0.15, -0.1) is 0 Å². The maximum Gasteiger partial charge on any atom is 0.222 e. The maximum atomic E-state index is 13.9. The smallest absolute Gasteiger partial charge is 0.222 e. The summed E-state index contributed by atoms with van der Waals surface area (Å²) in [5, 5.41) is 9.36. The van der Waals surface area contributed by atoms with Crippen molar-refractivity contribution >= 4 is 15.5 Å². The number of rotatable bonds is 4. The average Bonchev–Trinajstić information content (AvgIpc) is 2.75. The zero-order valence-corrected chi connectivity index (χ0v) is 16.4. The Morgan fingerprint density at radius 1 is 1.00 bits per heavy atom. The van der Waals surface area contributed by atoms with Crippen LogP contribution >= 0.6 is 0 Å². The van der Waals surface area contributed by atoms with Crippen molar-refractivity contribution in [3.05, 3.63) is 60.3 Å². The third kappa shape index (κ3) is 4.18. The van der Waals surface area contributed by atoms with Crippen LogP contribution in [0.25, 0.3) is 11.4 Å². The highest BCUT2D eigenvalue weighted by atomic mass is 32.2. The first-order chi connectivity index (χ1) is 14.3. The number of aromatic hydroxyl groups is 1. The first-order valence-corrected chi connectivity index (χ1v) is 10.9. The van der Waals surface area contributed by atoms with Gasteiger partial charge in [0, 0.05) is 36.6 Å². The van der Waals surface area contributed by atoms with Gasteiger partial charge in [-0.1, -0.05) is 0 Å². The minimum absolute atomic E-state index is 0.0234. The van der Waals surface area contributed by atoms with Gasteiger partial charge in [0.1, 0.15) is 0 Å². The summed E-state index contributed by atoms with van der Waals surface area (Å²) in [6.45, 7) is 0.884. The Morgan fingerprint density at radius 3 is 2.40 bits per heavy atom. The van der Waals surface area contributed by atoms with Crippen LogP contribution in [0.2, 0.25) is 0 Å². The fraction of sp³-hybridized carbons (Fsp3) is 0.200. The second-order valence-electron chi connectivity index (χ2n) is 6.71. The van der Waals surface area contributed by atoms with E-state index in [9.17, 15) is 22.3 Å². The molecule has 2 heterocycles. The molecule has 0 unspecified atom stereocenters. The molecule has 30 heavy (non-hydrogen) atoms. The number of aromatic nitrogens is 2. The van der Waals surface area contributed by atoms with Gasteiger partial charge >= 0.3 is 0 Å². The van der Waals surface area contributed by atoms with Gasteiger partial charge in [0.25, 0.3) is 0 Å². The van der Waals surface area contributed by atoms with Crippen molar-refractivity contribution in [1.29, 1.82) is 0 Å². The lowest BCUT2D eigenvalue weighted by molar-refractivity contribution is 0.367. The lowest BCUT2D eigenvalue weighted by Crippen LogP contribution is -2.40. The number of nitrogens with zero attached hydrogens (tertiary/aromatic N) is 3. The van der Waals surface area contributed by atoms with Crippen molar-refractivity contribution in [2.75, 3.05) is 29.5 Å². The molecule has 0 spiro atoms. The van der Waals surface area contributed by atoms with Crippen molar-refractivity contribution < 1.29 is 27.0 Å². The molecule has 1 N–H and O–H groups in total. The SMILES string of the molecule is O=S1(=O)CCN(c2ccc(-c3nccc(Oc4ccc(F)c(O)c4F)n3)cc2)CC1. The molecule has 2 aromatic carbocycles. The zero-order chi connectivity index (χ0) is 21.3. The molecule has 0 atom stereocenters. The van der Waals surface area contributed by atoms with Crippen LogP contribution in [0.15, 0.2) is 48.7 Å². The number of hydrogen-bond donors (Lipinski definition) is 1. The van der Waals surface area contributed by atoms with Crippen LogP contribution < -0.4 is 9.64 Å². The van der Waals surface area contributed by atoms with Crippen molar-refractivity contribution in [1.82, 2.24) is 9.97 Å². The molecule has 0 aliphatic carbocycles. The van der Waals surface area contributed by atoms with Gasteiger partial charge in [-0.05, 0) is 36.4 Å². The van der Waals surface area contributed by atoms with E-state index in [-0.39, 0.29) is 23.1 Å². The van der Waals surface area contributed by atoms with E-state index in [2.05, 4.69) is 9.97 Å². The fourth-order valence-electron chi connectivity index (χ4n) is 3.04. The molecule has 156 valence electrons. The molecule has 0 amide bonds. The number of hydrogen-bond acceptors (Lipinski definition) is 7. The van der Waals surface area contributed by atoms with Crippen LogP contribution in [0.1, 0.15) is 0 Å². The zero-order valence-electron chi connectivity index (χ0n) is 15.6. The number of halogens is 2. The first-order valence-electron chi connectivity index (χ1n) is 9.06. The molecule has 0 saturated carbocycles. The van der Waals surface area contributed by atoms with Crippen LogP contribution in [0.5, 0.6) is 17.4 Å². The van der Waals surface area contributed by atoms with E-state index in [0.717, 1.165) is 17.8 Å². The average molecular weight is 433 g/mol. The van der Waals surface area contributed by atoms with Gasteiger partial charge < -0.3 is 14.7 Å². The summed E-state index contributed by atoms with van der Waals surface area (Å²) < 4.78 is 55.6. The minimum Gasteiger partial charge on any atom is -0.503 e. The van der Waals surface area contributed by atoms with Gasteiger partial charge in [0.2, 0.25) is 11.7 Å². The van der Waals surface area contributed by atoms with Crippen LogP contribution in [0.3, 0.4) is 0 Å². The van der Waals surface area contributed by atoms with Gasteiger partial charge in [-0.3, -0.25) is 0 Å². The maximum absolute atomic E-state index is 13.9. The first kappa shape index (κ1) is 20.0. The van der Waals surface area contributed by atoms with E-state index in [1.54, 1.807) is 12.1 Å². The van der Waals surface area contributed by atoms with Gasteiger partial charge in [-0.25, -0.2) is 17.8 Å². The Kier molecular flexibility index (Phi) is 5.25. The van der Waals surface area contributed by atoms with Crippen LogP contribution in [0, 0.1) is 11.6 Å². The summed E-state index contributed by atoms with van der Waals surface area (Å²) in [5.41, 5.74) is 1.57. The van der Waals surface area contributed by atoms with Crippen LogP contribution in [0.4, 0.5) is 14.5 Å². The van der Waals surface area contributed by atoms with E-state index in [1.807, 2.05) is 17.0 Å². The van der Waals surface area contributed by atoms with Crippen LogP contribution in [-0.2, 0) is 9.84 Å². The summed E-state index contributed by atoms with van der Waals surface area (Å²) >= 11 is 0. The quantitative estimate of drug-likeness (QED) is 0.676. The molecule has 1 aliphatic heterocycles. The molecule has 1 saturated heterocycles. The van der Waals surface area contributed by atoms with E-state index in [1.165, 1.54) is 12.3 Å². The summed E-state index contributed by atoms with van der Waals surface area (Å²) in [6, 6.07) is 10.6. The number of sulfone groups is 1. The molecule has 1 fully saturated rings. The van der Waals surface area contributed by atoms with Gasteiger partial charge in [0.15, 0.2) is 33.0 Å². The minimum atomic E-state index is -2.95. The summed E-state index contributed by atoms with van der Waals surface area (Å²) in [4.78, 5) is 10.4. The second-order valence-corrected chi connectivity index (χ2v) is 9.02. The third-order valence-corrected chi connectivity index (χ3v) is 6.32. The lowest BCUT2D eigenvalue weighted by Gasteiger charge is -2.28. The van der Waals surface area contributed by atoms with E-state index >= 15 is 0 Å². The highest BCUT2D eigenvalue weighted by Gasteiger charge is 2.21. The van der Waals surface area contributed by atoms with E-state index in [4.69, 9.17) is 4.74 Å². The predicted molar refractivity (Wildman–Crippen MR) is 106 cm³/mol. The topological polar surface area (TPSA) is 92.6 Å². The summed E-state index contributed by atoms with van der Waals surface area (Å²) in [6.07, 6.45) is 1.43. The highest BCUT2D eigenvalue weighted by molar-refractivity contribution is 7.91. The Labute approximate surface area is 171 Å². The molecule has 10 heteroatoms. The monoisotopic (exact) mass is 433 g/mol. The summed E-state index contributed by atoms with van der Waals surface area (Å²) in [7, 11) is -2.95. The fourth-order valence-corrected chi connectivity index (χ4v) is 4.25. The van der Waals surface area contributed by atoms with Crippen LogP contribution in [-0.4, -0.2) is 48.1 Å². The largest absolute Gasteiger partial charge is 0.503 e.